The van der Waals surface area contributed by atoms with Gasteiger partial charge in [0.2, 0.25) is 0 Å². The van der Waals surface area contributed by atoms with Crippen molar-refractivity contribution in [2.45, 2.75) is 19.2 Å². The van der Waals surface area contributed by atoms with Crippen molar-refractivity contribution in [2.24, 2.45) is 0 Å². The SMILES string of the molecule is Cc1[nH]ncc1C(O)c1cccc(NC(=O)c2cc(C(F)(F)F)nn2-c2cccc(C#N)c2)c1. The molecule has 2 aromatic carbocycles. The third kappa shape index (κ3) is 4.53. The average Bonchev–Trinajstić information content (AvgIpc) is 3.45. The zero-order valence-electron chi connectivity index (χ0n) is 17.6. The van der Waals surface area contributed by atoms with Crippen molar-refractivity contribution < 1.29 is 23.1 Å². The van der Waals surface area contributed by atoms with Crippen molar-refractivity contribution in [3.05, 3.63) is 94.6 Å². The molecule has 11 heteroatoms. The zero-order chi connectivity index (χ0) is 24.5. The van der Waals surface area contributed by atoms with E-state index in [2.05, 4.69) is 20.6 Å². The Labute approximate surface area is 191 Å². The Morgan fingerprint density at radius 3 is 2.65 bits per heavy atom. The van der Waals surface area contributed by atoms with E-state index in [1.165, 1.54) is 42.6 Å². The molecule has 0 aliphatic rings. The van der Waals surface area contributed by atoms with Gasteiger partial charge < -0.3 is 10.4 Å². The van der Waals surface area contributed by atoms with Gasteiger partial charge in [0.1, 0.15) is 11.8 Å². The predicted octanol–water partition coefficient (Wildman–Crippen LogP) is 4.13. The summed E-state index contributed by atoms with van der Waals surface area (Å²) < 4.78 is 40.9. The molecule has 1 amide bonds. The van der Waals surface area contributed by atoms with Gasteiger partial charge in [-0.1, -0.05) is 18.2 Å². The molecule has 2 heterocycles. The summed E-state index contributed by atoms with van der Waals surface area (Å²) in [6.45, 7) is 1.75. The highest BCUT2D eigenvalue weighted by molar-refractivity contribution is 6.03. The number of anilines is 1. The number of halogens is 3. The van der Waals surface area contributed by atoms with E-state index in [9.17, 15) is 23.1 Å². The number of H-pyrrole nitrogens is 1. The van der Waals surface area contributed by atoms with Crippen LogP contribution in [0.15, 0.2) is 60.8 Å². The molecule has 0 spiro atoms. The first kappa shape index (κ1) is 22.8. The van der Waals surface area contributed by atoms with Gasteiger partial charge in [-0.2, -0.15) is 28.6 Å². The molecular weight excluding hydrogens is 449 g/mol. The largest absolute Gasteiger partial charge is 0.435 e. The first-order chi connectivity index (χ1) is 16.2. The highest BCUT2D eigenvalue weighted by Gasteiger charge is 2.36. The second kappa shape index (κ2) is 8.84. The maximum Gasteiger partial charge on any atom is 0.435 e. The van der Waals surface area contributed by atoms with Gasteiger partial charge in [-0.15, -0.1) is 0 Å². The molecule has 0 bridgehead atoms. The lowest BCUT2D eigenvalue weighted by Gasteiger charge is -2.13. The molecule has 172 valence electrons. The quantitative estimate of drug-likeness (QED) is 0.409. The molecule has 0 fully saturated rings. The lowest BCUT2D eigenvalue weighted by Crippen LogP contribution is -2.17. The normalized spacial score (nSPS) is 12.2. The minimum atomic E-state index is -4.78. The summed E-state index contributed by atoms with van der Waals surface area (Å²) in [4.78, 5) is 13.0. The molecule has 0 saturated heterocycles. The van der Waals surface area contributed by atoms with Crippen LogP contribution in [0, 0.1) is 18.3 Å². The van der Waals surface area contributed by atoms with E-state index >= 15 is 0 Å². The van der Waals surface area contributed by atoms with E-state index in [-0.39, 0.29) is 22.6 Å². The maximum atomic E-state index is 13.3. The lowest BCUT2D eigenvalue weighted by molar-refractivity contribution is -0.141. The summed E-state index contributed by atoms with van der Waals surface area (Å²) >= 11 is 0. The maximum absolute atomic E-state index is 13.3. The molecule has 34 heavy (non-hydrogen) atoms. The summed E-state index contributed by atoms with van der Waals surface area (Å²) in [5.74, 6) is -0.850. The molecule has 4 aromatic rings. The highest BCUT2D eigenvalue weighted by Crippen LogP contribution is 2.30. The van der Waals surface area contributed by atoms with E-state index in [1.807, 2.05) is 6.07 Å². The summed E-state index contributed by atoms with van der Waals surface area (Å²) in [7, 11) is 0. The third-order valence-electron chi connectivity index (χ3n) is 5.08. The molecule has 8 nitrogen and oxygen atoms in total. The van der Waals surface area contributed by atoms with Gasteiger partial charge in [-0.3, -0.25) is 9.89 Å². The number of amides is 1. The number of nitrogens with zero attached hydrogens (tertiary/aromatic N) is 4. The van der Waals surface area contributed by atoms with E-state index in [4.69, 9.17) is 5.26 Å². The Morgan fingerprint density at radius 2 is 1.97 bits per heavy atom. The molecule has 0 radical (unpaired) electrons. The number of hydrogen-bond donors (Lipinski definition) is 3. The smallest absolute Gasteiger partial charge is 0.384 e. The fraction of sp³-hybridized carbons (Fsp3) is 0.130. The first-order valence-corrected chi connectivity index (χ1v) is 9.94. The van der Waals surface area contributed by atoms with E-state index in [1.54, 1.807) is 19.1 Å². The molecular formula is C23H17F3N6O2. The number of aromatic amines is 1. The average molecular weight is 466 g/mol. The number of alkyl halides is 3. The number of aryl methyl sites for hydroxylation is 1. The van der Waals surface area contributed by atoms with Crippen molar-refractivity contribution >= 4 is 11.6 Å². The topological polar surface area (TPSA) is 120 Å². The Balaban J connectivity index is 1.68. The highest BCUT2D eigenvalue weighted by atomic mass is 19.4. The summed E-state index contributed by atoms with van der Waals surface area (Å²) in [6, 6.07) is 14.6. The number of nitriles is 1. The second-order valence-corrected chi connectivity index (χ2v) is 7.42. The van der Waals surface area contributed by atoms with Crippen molar-refractivity contribution in [3.63, 3.8) is 0 Å². The summed E-state index contributed by atoms with van der Waals surface area (Å²) in [6.07, 6.45) is -4.32. The van der Waals surface area contributed by atoms with Gasteiger partial charge >= 0.3 is 6.18 Å². The number of benzene rings is 2. The van der Waals surface area contributed by atoms with Crippen LogP contribution in [0.4, 0.5) is 18.9 Å². The van der Waals surface area contributed by atoms with Crippen LogP contribution in [0.3, 0.4) is 0 Å². The van der Waals surface area contributed by atoms with Gasteiger partial charge in [0.25, 0.3) is 5.91 Å². The minimum Gasteiger partial charge on any atom is -0.384 e. The molecule has 2 aromatic heterocycles. The Hall–Kier alpha value is -4.43. The van der Waals surface area contributed by atoms with Crippen LogP contribution in [0.25, 0.3) is 5.69 Å². The molecule has 3 N–H and O–H groups in total. The number of carbonyl (C=O) groups is 1. The number of hydrogen-bond acceptors (Lipinski definition) is 5. The Morgan fingerprint density at radius 1 is 1.21 bits per heavy atom. The van der Waals surface area contributed by atoms with E-state index in [0.29, 0.717) is 22.9 Å². The first-order valence-electron chi connectivity index (χ1n) is 9.94. The predicted molar refractivity (Wildman–Crippen MR) is 115 cm³/mol. The van der Waals surface area contributed by atoms with Gasteiger partial charge in [-0.25, -0.2) is 4.68 Å². The Kier molecular flexibility index (Phi) is 5.91. The standard InChI is InChI=1S/C23H17F3N6O2/c1-13-18(12-28-30-13)21(33)15-5-3-6-16(9-15)29-22(34)19-10-20(23(24,25)26)31-32(19)17-7-2-4-14(8-17)11-27/h2-10,12,21,33H,1H3,(H,28,30)(H,29,34). The van der Waals surface area contributed by atoms with Gasteiger partial charge in [0, 0.05) is 23.0 Å². The molecule has 1 unspecified atom stereocenters. The third-order valence-corrected chi connectivity index (χ3v) is 5.08. The monoisotopic (exact) mass is 466 g/mol. The second-order valence-electron chi connectivity index (χ2n) is 7.42. The van der Waals surface area contributed by atoms with Crippen LogP contribution in [0.5, 0.6) is 0 Å². The van der Waals surface area contributed by atoms with Crippen LogP contribution in [-0.2, 0) is 6.18 Å². The number of aromatic nitrogens is 4. The van der Waals surface area contributed by atoms with Crippen LogP contribution >= 0.6 is 0 Å². The molecule has 0 aliphatic carbocycles. The van der Waals surface area contributed by atoms with Crippen molar-refractivity contribution in [1.82, 2.24) is 20.0 Å². The van der Waals surface area contributed by atoms with Crippen molar-refractivity contribution in [3.8, 4) is 11.8 Å². The van der Waals surface area contributed by atoms with Gasteiger partial charge in [0.15, 0.2) is 5.69 Å². The fourth-order valence-electron chi connectivity index (χ4n) is 3.38. The molecule has 1 atom stereocenters. The molecule has 0 aliphatic heterocycles. The van der Waals surface area contributed by atoms with Gasteiger partial charge in [-0.05, 0) is 42.8 Å². The number of aliphatic hydroxyl groups is 1. The van der Waals surface area contributed by atoms with Crippen molar-refractivity contribution in [1.29, 1.82) is 5.26 Å². The van der Waals surface area contributed by atoms with Crippen LogP contribution in [0.2, 0.25) is 0 Å². The number of nitrogens with one attached hydrogen (secondary N) is 2. The lowest BCUT2D eigenvalue weighted by atomic mass is 10.0. The summed E-state index contributed by atoms with van der Waals surface area (Å²) in [5, 5.41) is 32.4. The molecule has 4 rings (SSSR count). The van der Waals surface area contributed by atoms with Crippen molar-refractivity contribution in [2.75, 3.05) is 5.32 Å². The van der Waals surface area contributed by atoms with Crippen LogP contribution < -0.4 is 5.32 Å². The number of carbonyl (C=O) groups excluding carboxylic acids is 1. The van der Waals surface area contributed by atoms with E-state index < -0.39 is 23.9 Å². The fourth-order valence-corrected chi connectivity index (χ4v) is 3.38. The van der Waals surface area contributed by atoms with E-state index in [0.717, 1.165) is 4.68 Å². The molecule has 0 saturated carbocycles. The van der Waals surface area contributed by atoms with Crippen LogP contribution in [-0.4, -0.2) is 31.0 Å². The van der Waals surface area contributed by atoms with Gasteiger partial charge in [0.05, 0.1) is 23.5 Å². The Bertz CT molecular complexity index is 1400. The number of rotatable bonds is 5. The minimum absolute atomic E-state index is 0.124. The zero-order valence-corrected chi connectivity index (χ0v) is 17.6. The van der Waals surface area contributed by atoms with Crippen LogP contribution in [0.1, 0.15) is 44.7 Å². The summed E-state index contributed by atoms with van der Waals surface area (Å²) in [5.41, 5.74) is 0.629. The number of aliphatic hydroxyl groups excluding tert-OH is 1.